The number of para-hydroxylation sites is 2. The second-order valence-corrected chi connectivity index (χ2v) is 13.0. The summed E-state index contributed by atoms with van der Waals surface area (Å²) in [6, 6.07) is 49.3. The van der Waals surface area contributed by atoms with Crippen molar-refractivity contribution < 1.29 is 52.3 Å². The number of nitrogens with zero attached hydrogens (tertiary/aromatic N) is 8. The van der Waals surface area contributed by atoms with Crippen molar-refractivity contribution in [1.82, 2.24) is 19.9 Å². The number of anilines is 6. The van der Waals surface area contributed by atoms with E-state index in [1.165, 1.54) is 0 Å². The van der Waals surface area contributed by atoms with Gasteiger partial charge in [-0.15, -0.1) is 11.4 Å². The molecule has 296 valence electrons. The molecule has 0 radical (unpaired) electrons. The van der Waals surface area contributed by atoms with E-state index in [9.17, 15) is 10.2 Å². The summed E-state index contributed by atoms with van der Waals surface area (Å²) in [4.78, 5) is 24.9. The first-order valence-electron chi connectivity index (χ1n) is 17.9. The molecular weight excluding hydrogens is 1090 g/mol. The van der Waals surface area contributed by atoms with Crippen molar-refractivity contribution in [2.45, 2.75) is 13.8 Å². The molecule has 0 fully saturated rings. The average Bonchev–Trinajstić information content (AvgIpc) is 3.75. The molecule has 0 bridgehead atoms. The van der Waals surface area contributed by atoms with Crippen LogP contribution in [0, 0.1) is 39.3 Å². The third kappa shape index (κ3) is 10.00. The Bertz CT molecular complexity index is 2390. The van der Waals surface area contributed by atoms with E-state index in [0.29, 0.717) is 0 Å². The Morgan fingerprint density at radius 1 is 0.552 bits per heavy atom. The largest absolute Gasteiger partial charge is 2.00 e. The Morgan fingerprint density at radius 2 is 1.03 bits per heavy atom. The Labute approximate surface area is 368 Å². The number of aromatic hydroxyl groups is 2. The van der Waals surface area contributed by atoms with Crippen LogP contribution in [0.25, 0.3) is 21.5 Å². The van der Waals surface area contributed by atoms with Gasteiger partial charge in [0.2, 0.25) is 11.8 Å². The molecule has 4 aromatic heterocycles. The number of hydrogen-bond donors (Lipinski definition) is 2. The summed E-state index contributed by atoms with van der Waals surface area (Å²) in [6.07, 6.45) is 3.61. The Hall–Kier alpha value is -5.82. The summed E-state index contributed by atoms with van der Waals surface area (Å²) in [7, 11) is 4.03. The number of pyridine rings is 4. The second-order valence-electron chi connectivity index (χ2n) is 13.0. The molecule has 0 aliphatic carbocycles. The number of rotatable bonds is 2. The fourth-order valence-corrected chi connectivity index (χ4v) is 6.37. The van der Waals surface area contributed by atoms with Crippen LogP contribution < -0.4 is 19.6 Å². The number of benzene rings is 4. The van der Waals surface area contributed by atoms with Crippen LogP contribution in [0.3, 0.4) is 0 Å². The zero-order valence-electron chi connectivity index (χ0n) is 32.1. The second kappa shape index (κ2) is 20.0. The number of hydrogen-bond acceptors (Lipinski definition) is 10. The van der Waals surface area contributed by atoms with Crippen LogP contribution in [0.15, 0.2) is 146 Å². The van der Waals surface area contributed by atoms with Gasteiger partial charge in [0.15, 0.2) is 0 Å². The summed E-state index contributed by atoms with van der Waals surface area (Å²) >= 11 is 0. The predicted octanol–water partition coefficient (Wildman–Crippen LogP) is 9.67. The predicted molar refractivity (Wildman–Crippen MR) is 225 cm³/mol. The number of aromatic nitrogens is 4. The van der Waals surface area contributed by atoms with Crippen molar-refractivity contribution in [2.75, 3.05) is 33.7 Å². The normalized spacial score (nSPS) is 12.1. The molecule has 8 aromatic rings. The van der Waals surface area contributed by atoms with Crippen molar-refractivity contribution in [3.63, 3.8) is 0 Å². The molecule has 10 nitrogen and oxygen atoms in total. The average molecular weight is 1130 g/mol. The van der Waals surface area contributed by atoms with Gasteiger partial charge < -0.3 is 29.8 Å². The molecule has 2 aliphatic rings. The smallest absolute Gasteiger partial charge is 0.502 e. The Kier molecular flexibility index (Phi) is 15.0. The monoisotopic (exact) mass is 1130 g/mol. The fourth-order valence-electron chi connectivity index (χ4n) is 6.37. The zero-order valence-corrected chi connectivity index (χ0v) is 36.7. The molecule has 0 amide bonds. The third-order valence-electron chi connectivity index (χ3n) is 9.00. The van der Waals surface area contributed by atoms with Crippen LogP contribution >= 0.6 is 0 Å². The SMILES string of the molecule is CN1[CH-]N(c2[c-]cccc2)c2ncccc21.CN1[CH-]N(c2[c-]cccc2)c2ncccc21.Cc1cc2ccccc2c(O)n1.Cc1nc(O)cc2ccccc12.[Pt+2].[Pt+2]. The van der Waals surface area contributed by atoms with Gasteiger partial charge in [-0.2, -0.15) is 74.0 Å². The quantitative estimate of drug-likeness (QED) is 0.163. The molecular formula is C46H40N8O2Pt2. The number of aryl methyl sites for hydroxylation is 2. The minimum Gasteiger partial charge on any atom is -0.502 e. The van der Waals surface area contributed by atoms with Gasteiger partial charge in [-0.3, -0.25) is 0 Å². The number of fused-ring (bicyclic) bond motifs is 4. The summed E-state index contributed by atoms with van der Waals surface area (Å²) in [5, 5.41) is 22.6. The van der Waals surface area contributed by atoms with E-state index in [1.807, 2.05) is 179 Å². The van der Waals surface area contributed by atoms with E-state index in [-0.39, 0.29) is 53.9 Å². The molecule has 58 heavy (non-hydrogen) atoms. The van der Waals surface area contributed by atoms with Gasteiger partial charge in [0.05, 0.1) is 0 Å². The molecule has 6 heterocycles. The molecule has 0 atom stereocenters. The van der Waals surface area contributed by atoms with E-state index in [4.69, 9.17) is 0 Å². The molecule has 0 unspecified atom stereocenters. The molecule has 0 saturated carbocycles. The van der Waals surface area contributed by atoms with Crippen LogP contribution in [-0.2, 0) is 42.1 Å². The van der Waals surface area contributed by atoms with Gasteiger partial charge in [-0.25, -0.2) is 19.9 Å². The summed E-state index contributed by atoms with van der Waals surface area (Å²) in [5.74, 6) is 2.11. The molecule has 10 rings (SSSR count). The van der Waals surface area contributed by atoms with E-state index in [0.717, 1.165) is 67.3 Å². The maximum absolute atomic E-state index is 9.44. The van der Waals surface area contributed by atoms with Gasteiger partial charge >= 0.3 is 42.1 Å². The molecule has 0 saturated heterocycles. The maximum atomic E-state index is 9.44. The van der Waals surface area contributed by atoms with Crippen molar-refractivity contribution >= 4 is 55.9 Å². The van der Waals surface area contributed by atoms with Crippen LogP contribution in [0.4, 0.5) is 34.4 Å². The van der Waals surface area contributed by atoms with E-state index in [2.05, 4.69) is 54.0 Å². The van der Waals surface area contributed by atoms with Gasteiger partial charge in [-0.1, -0.05) is 42.5 Å². The van der Waals surface area contributed by atoms with Gasteiger partial charge in [-0.05, 0) is 75.1 Å². The minimum absolute atomic E-state index is 0. The van der Waals surface area contributed by atoms with Crippen LogP contribution in [0.5, 0.6) is 11.8 Å². The first kappa shape index (κ1) is 43.3. The van der Waals surface area contributed by atoms with E-state index < -0.39 is 0 Å². The summed E-state index contributed by atoms with van der Waals surface area (Å²) in [5.41, 5.74) is 5.94. The van der Waals surface area contributed by atoms with Crippen molar-refractivity contribution in [2.24, 2.45) is 0 Å². The minimum atomic E-state index is 0. The first-order valence-corrected chi connectivity index (χ1v) is 17.9. The van der Waals surface area contributed by atoms with E-state index >= 15 is 0 Å². The summed E-state index contributed by atoms with van der Waals surface area (Å²) in [6.45, 7) is 7.79. The van der Waals surface area contributed by atoms with Gasteiger partial charge in [0.1, 0.15) is 11.6 Å². The van der Waals surface area contributed by atoms with Crippen molar-refractivity contribution in [3.05, 3.63) is 183 Å². The summed E-state index contributed by atoms with van der Waals surface area (Å²) < 4.78 is 0. The Balaban J connectivity index is 0.000000147. The third-order valence-corrected chi connectivity index (χ3v) is 9.00. The standard InChI is InChI=1S/2C13H11N3.2C10H9NO.2Pt/c2*1-15-10-16(11-6-3-2-4-7-11)13-12(15)8-5-9-14-13;1-7-9-5-3-2-4-8(9)6-10(12)11-7;1-7-6-8-4-2-3-5-9(8)10(12)11-7;;/h2*2-6,8-10H,1H3;2*2-6H,1H3,(H,11,12);;/q2*-2;;;2*+2. The van der Waals surface area contributed by atoms with Gasteiger partial charge in [0.25, 0.3) is 0 Å². The van der Waals surface area contributed by atoms with Crippen LogP contribution in [0.1, 0.15) is 11.4 Å². The zero-order chi connectivity index (χ0) is 39.0. The molecule has 12 heteroatoms. The van der Waals surface area contributed by atoms with Crippen LogP contribution in [-0.4, -0.2) is 44.2 Å². The van der Waals surface area contributed by atoms with Crippen molar-refractivity contribution in [1.29, 1.82) is 0 Å². The van der Waals surface area contributed by atoms with Gasteiger partial charge in [0, 0.05) is 52.0 Å². The molecule has 2 aliphatic heterocycles. The molecule has 0 spiro atoms. The molecule has 4 aromatic carbocycles. The van der Waals surface area contributed by atoms with E-state index in [1.54, 1.807) is 6.07 Å². The maximum Gasteiger partial charge on any atom is 2.00 e. The topological polar surface area (TPSA) is 105 Å². The van der Waals surface area contributed by atoms with Crippen LogP contribution in [0.2, 0.25) is 0 Å². The first-order chi connectivity index (χ1) is 27.3. The van der Waals surface area contributed by atoms with Crippen molar-refractivity contribution in [3.8, 4) is 11.8 Å². The fraction of sp³-hybridized carbons (Fsp3) is 0.0870. The molecule has 2 N–H and O–H groups in total. The Morgan fingerprint density at radius 3 is 1.55 bits per heavy atom.